The Morgan fingerprint density at radius 3 is 2.90 bits per heavy atom. The second-order valence-corrected chi connectivity index (χ2v) is 6.60. The maximum absolute atomic E-state index is 5.41. The Bertz CT molecular complexity index is 439. The van der Waals surface area contributed by atoms with Crippen molar-refractivity contribution in [2.75, 3.05) is 41.9 Å². The molecule has 0 amide bonds. The molecular weight excluding hydrogens is 272 g/mol. The fraction of sp³-hybridized carbons (Fsp3) is 0.714. The summed E-state index contributed by atoms with van der Waals surface area (Å²) in [6.45, 7) is 2.16. The van der Waals surface area contributed by atoms with Crippen LogP contribution >= 0.6 is 11.8 Å². The molecule has 2 unspecified atom stereocenters. The average molecular weight is 294 g/mol. The van der Waals surface area contributed by atoms with Crippen LogP contribution in [0, 0.1) is 0 Å². The quantitative estimate of drug-likeness (QED) is 0.917. The SMILES string of the molecule is COC1CCC(Nc2cc(N3CCSCC3)ncn2)C1. The van der Waals surface area contributed by atoms with E-state index >= 15 is 0 Å². The largest absolute Gasteiger partial charge is 0.381 e. The van der Waals surface area contributed by atoms with Crippen LogP contribution in [0.25, 0.3) is 0 Å². The molecule has 110 valence electrons. The van der Waals surface area contributed by atoms with Crippen LogP contribution in [0.5, 0.6) is 0 Å². The Balaban J connectivity index is 1.62. The number of nitrogens with one attached hydrogen (secondary N) is 1. The number of ether oxygens (including phenoxy) is 1. The first-order valence-corrected chi connectivity index (χ1v) is 8.44. The van der Waals surface area contributed by atoms with E-state index in [0.29, 0.717) is 12.1 Å². The van der Waals surface area contributed by atoms with Crippen LogP contribution in [0.1, 0.15) is 19.3 Å². The molecule has 20 heavy (non-hydrogen) atoms. The van der Waals surface area contributed by atoms with Gasteiger partial charge in [-0.25, -0.2) is 9.97 Å². The van der Waals surface area contributed by atoms with Crippen LogP contribution in [0.15, 0.2) is 12.4 Å². The summed E-state index contributed by atoms with van der Waals surface area (Å²) in [7, 11) is 1.80. The maximum atomic E-state index is 5.41. The lowest BCUT2D eigenvalue weighted by molar-refractivity contribution is 0.108. The highest BCUT2D eigenvalue weighted by atomic mass is 32.2. The average Bonchev–Trinajstić information content (AvgIpc) is 2.96. The molecule has 2 aliphatic rings. The van der Waals surface area contributed by atoms with Gasteiger partial charge in [0.2, 0.25) is 0 Å². The summed E-state index contributed by atoms with van der Waals surface area (Å²) in [5.41, 5.74) is 0. The van der Waals surface area contributed by atoms with Gasteiger partial charge >= 0.3 is 0 Å². The van der Waals surface area contributed by atoms with Gasteiger partial charge in [0.05, 0.1) is 6.10 Å². The zero-order chi connectivity index (χ0) is 13.8. The number of nitrogens with zero attached hydrogens (tertiary/aromatic N) is 3. The number of hydrogen-bond donors (Lipinski definition) is 1. The van der Waals surface area contributed by atoms with Crippen molar-refractivity contribution in [2.45, 2.75) is 31.4 Å². The molecule has 0 spiro atoms. The minimum Gasteiger partial charge on any atom is -0.381 e. The van der Waals surface area contributed by atoms with Crippen molar-refractivity contribution in [2.24, 2.45) is 0 Å². The lowest BCUT2D eigenvalue weighted by Crippen LogP contribution is -2.33. The zero-order valence-corrected chi connectivity index (χ0v) is 12.7. The van der Waals surface area contributed by atoms with Gasteiger partial charge in [-0.2, -0.15) is 11.8 Å². The molecule has 0 bridgehead atoms. The molecule has 2 atom stereocenters. The number of aromatic nitrogens is 2. The third kappa shape index (κ3) is 3.35. The molecule has 0 aromatic carbocycles. The van der Waals surface area contributed by atoms with Crippen molar-refractivity contribution in [3.8, 4) is 0 Å². The van der Waals surface area contributed by atoms with Gasteiger partial charge in [0.15, 0.2) is 0 Å². The predicted molar refractivity (Wildman–Crippen MR) is 83.6 cm³/mol. The minimum absolute atomic E-state index is 0.396. The molecule has 2 heterocycles. The molecule has 0 radical (unpaired) electrons. The van der Waals surface area contributed by atoms with E-state index in [0.717, 1.165) is 44.0 Å². The van der Waals surface area contributed by atoms with Gasteiger partial charge in [0.25, 0.3) is 0 Å². The first-order chi connectivity index (χ1) is 9.85. The highest BCUT2D eigenvalue weighted by Gasteiger charge is 2.24. The molecule has 1 N–H and O–H groups in total. The second-order valence-electron chi connectivity index (χ2n) is 5.37. The summed E-state index contributed by atoms with van der Waals surface area (Å²) in [6.07, 6.45) is 5.42. The first kappa shape index (κ1) is 13.9. The molecule has 1 aromatic rings. The molecule has 1 saturated carbocycles. The standard InChI is InChI=1S/C14H22N4OS/c1-19-12-3-2-11(8-12)17-13-9-14(16-10-15-13)18-4-6-20-7-5-18/h9-12H,2-8H2,1H3,(H,15,16,17). The number of hydrogen-bond acceptors (Lipinski definition) is 6. The Hall–Kier alpha value is -1.01. The lowest BCUT2D eigenvalue weighted by atomic mass is 10.2. The summed E-state index contributed by atoms with van der Waals surface area (Å²) in [5, 5.41) is 3.52. The van der Waals surface area contributed by atoms with Crippen molar-refractivity contribution in [1.29, 1.82) is 0 Å². The van der Waals surface area contributed by atoms with Gasteiger partial charge in [-0.1, -0.05) is 0 Å². The van der Waals surface area contributed by atoms with Crippen LogP contribution in [0.2, 0.25) is 0 Å². The van der Waals surface area contributed by atoms with E-state index in [-0.39, 0.29) is 0 Å². The van der Waals surface area contributed by atoms with Crippen molar-refractivity contribution in [3.05, 3.63) is 12.4 Å². The van der Waals surface area contributed by atoms with Gasteiger partial charge in [-0.05, 0) is 19.3 Å². The van der Waals surface area contributed by atoms with Crippen LogP contribution in [-0.4, -0.2) is 53.8 Å². The normalized spacial score (nSPS) is 26.8. The van der Waals surface area contributed by atoms with Crippen LogP contribution in [0.3, 0.4) is 0 Å². The first-order valence-electron chi connectivity index (χ1n) is 7.29. The number of rotatable bonds is 4. The Morgan fingerprint density at radius 1 is 1.30 bits per heavy atom. The maximum Gasteiger partial charge on any atom is 0.134 e. The molecule has 1 aliphatic carbocycles. The fourth-order valence-corrected chi connectivity index (χ4v) is 3.79. The van der Waals surface area contributed by atoms with Gasteiger partial charge in [-0.3, -0.25) is 0 Å². The number of methoxy groups -OCH3 is 1. The summed E-state index contributed by atoms with van der Waals surface area (Å²) in [4.78, 5) is 11.1. The van der Waals surface area contributed by atoms with E-state index in [9.17, 15) is 0 Å². The number of anilines is 2. The van der Waals surface area contributed by atoms with E-state index in [1.165, 1.54) is 11.5 Å². The number of thioether (sulfide) groups is 1. The molecule has 5 nitrogen and oxygen atoms in total. The fourth-order valence-electron chi connectivity index (χ4n) is 2.89. The Morgan fingerprint density at radius 2 is 2.15 bits per heavy atom. The Labute approximate surface area is 124 Å². The van der Waals surface area contributed by atoms with Gasteiger partial charge < -0.3 is 15.0 Å². The molecule has 2 fully saturated rings. The summed E-state index contributed by atoms with van der Waals surface area (Å²) in [5.74, 6) is 4.36. The second kappa shape index (κ2) is 6.63. The third-order valence-electron chi connectivity index (χ3n) is 4.06. The van der Waals surface area contributed by atoms with E-state index in [2.05, 4.69) is 26.3 Å². The van der Waals surface area contributed by atoms with Crippen molar-refractivity contribution >= 4 is 23.4 Å². The van der Waals surface area contributed by atoms with Crippen molar-refractivity contribution in [3.63, 3.8) is 0 Å². The topological polar surface area (TPSA) is 50.3 Å². The zero-order valence-electron chi connectivity index (χ0n) is 11.9. The molecule has 1 aromatic heterocycles. The lowest BCUT2D eigenvalue weighted by Gasteiger charge is -2.27. The molecule has 1 aliphatic heterocycles. The third-order valence-corrected chi connectivity index (χ3v) is 5.00. The van der Waals surface area contributed by atoms with E-state index in [1.807, 2.05) is 11.8 Å². The van der Waals surface area contributed by atoms with Crippen LogP contribution in [-0.2, 0) is 4.74 Å². The molecular formula is C14H22N4OS. The van der Waals surface area contributed by atoms with E-state index < -0.39 is 0 Å². The Kier molecular flexibility index (Phi) is 4.62. The smallest absolute Gasteiger partial charge is 0.134 e. The molecule has 1 saturated heterocycles. The summed E-state index contributed by atoms with van der Waals surface area (Å²) < 4.78 is 5.41. The van der Waals surface area contributed by atoms with E-state index in [4.69, 9.17) is 4.74 Å². The summed E-state index contributed by atoms with van der Waals surface area (Å²) >= 11 is 2.01. The van der Waals surface area contributed by atoms with E-state index in [1.54, 1.807) is 13.4 Å². The van der Waals surface area contributed by atoms with Gasteiger partial charge in [0.1, 0.15) is 18.0 Å². The van der Waals surface area contributed by atoms with Crippen LogP contribution in [0.4, 0.5) is 11.6 Å². The van der Waals surface area contributed by atoms with Gasteiger partial charge in [-0.15, -0.1) is 0 Å². The molecule has 3 rings (SSSR count). The van der Waals surface area contributed by atoms with Crippen molar-refractivity contribution in [1.82, 2.24) is 9.97 Å². The highest BCUT2D eigenvalue weighted by Crippen LogP contribution is 2.25. The van der Waals surface area contributed by atoms with Crippen molar-refractivity contribution < 1.29 is 4.74 Å². The summed E-state index contributed by atoms with van der Waals surface area (Å²) in [6, 6.07) is 2.55. The minimum atomic E-state index is 0.396. The highest BCUT2D eigenvalue weighted by molar-refractivity contribution is 7.99. The predicted octanol–water partition coefficient (Wildman–Crippen LogP) is 2.01. The van der Waals surface area contributed by atoms with Crippen LogP contribution < -0.4 is 10.2 Å². The van der Waals surface area contributed by atoms with Gasteiger partial charge in [0, 0.05) is 43.8 Å². The molecule has 6 heteroatoms. The monoisotopic (exact) mass is 294 g/mol.